The maximum atomic E-state index is 5.80. The summed E-state index contributed by atoms with van der Waals surface area (Å²) in [7, 11) is 4.19. The van der Waals surface area contributed by atoms with Gasteiger partial charge in [0.05, 0.1) is 12.7 Å². The summed E-state index contributed by atoms with van der Waals surface area (Å²) >= 11 is 1.78. The van der Waals surface area contributed by atoms with Crippen molar-refractivity contribution in [2.75, 3.05) is 51.5 Å². The molecule has 3 nitrogen and oxygen atoms in total. The second-order valence-corrected chi connectivity index (χ2v) is 5.78. The lowest BCUT2D eigenvalue weighted by Gasteiger charge is -2.35. The van der Waals surface area contributed by atoms with Crippen molar-refractivity contribution in [1.82, 2.24) is 4.90 Å². The molecule has 1 fully saturated rings. The van der Waals surface area contributed by atoms with E-state index in [1.165, 1.54) is 10.6 Å². The number of hydrogen-bond donors (Lipinski definition) is 0. The molecule has 0 unspecified atom stereocenters. The Morgan fingerprint density at radius 2 is 2.06 bits per heavy atom. The SMILES string of the molecule is CSc1ccc(N2CCO[C@H](CN(C)C)C2)cc1. The van der Waals surface area contributed by atoms with Crippen LogP contribution in [-0.2, 0) is 4.74 Å². The molecule has 1 saturated heterocycles. The van der Waals surface area contributed by atoms with E-state index in [9.17, 15) is 0 Å². The highest BCUT2D eigenvalue weighted by Crippen LogP contribution is 2.22. The van der Waals surface area contributed by atoms with Gasteiger partial charge >= 0.3 is 0 Å². The molecular formula is C14H22N2OS. The van der Waals surface area contributed by atoms with E-state index in [0.717, 1.165) is 26.2 Å². The van der Waals surface area contributed by atoms with Crippen LogP contribution in [0.4, 0.5) is 5.69 Å². The smallest absolute Gasteiger partial charge is 0.0877 e. The fraction of sp³-hybridized carbons (Fsp3) is 0.571. The maximum absolute atomic E-state index is 5.80. The predicted octanol–water partition coefficient (Wildman–Crippen LogP) is 2.18. The first-order valence-corrected chi connectivity index (χ1v) is 7.57. The van der Waals surface area contributed by atoms with E-state index in [1.54, 1.807) is 11.8 Å². The van der Waals surface area contributed by atoms with Gasteiger partial charge in [0.2, 0.25) is 0 Å². The second kappa shape index (κ2) is 6.45. The van der Waals surface area contributed by atoms with Gasteiger partial charge in [0.25, 0.3) is 0 Å². The van der Waals surface area contributed by atoms with Crippen LogP contribution in [0.15, 0.2) is 29.2 Å². The van der Waals surface area contributed by atoms with Gasteiger partial charge in [-0.1, -0.05) is 0 Å². The van der Waals surface area contributed by atoms with Gasteiger partial charge in [-0.3, -0.25) is 0 Å². The van der Waals surface area contributed by atoms with Crippen LogP contribution in [0.3, 0.4) is 0 Å². The molecule has 2 rings (SSSR count). The third kappa shape index (κ3) is 3.64. The number of hydrogen-bond acceptors (Lipinski definition) is 4. The molecule has 0 saturated carbocycles. The number of likely N-dealkylation sites (N-methyl/N-ethyl adjacent to an activating group) is 1. The molecule has 1 heterocycles. The van der Waals surface area contributed by atoms with Crippen molar-refractivity contribution in [2.45, 2.75) is 11.0 Å². The first-order valence-electron chi connectivity index (χ1n) is 6.34. The molecule has 0 radical (unpaired) electrons. The minimum absolute atomic E-state index is 0.314. The largest absolute Gasteiger partial charge is 0.373 e. The van der Waals surface area contributed by atoms with Gasteiger partial charge in [0.15, 0.2) is 0 Å². The molecule has 0 spiro atoms. The van der Waals surface area contributed by atoms with Crippen molar-refractivity contribution >= 4 is 17.4 Å². The summed E-state index contributed by atoms with van der Waals surface area (Å²) in [5.41, 5.74) is 1.31. The van der Waals surface area contributed by atoms with E-state index in [-0.39, 0.29) is 0 Å². The average Bonchev–Trinajstić information content (AvgIpc) is 2.38. The van der Waals surface area contributed by atoms with Crippen LogP contribution in [0.1, 0.15) is 0 Å². The molecule has 0 amide bonds. The third-order valence-corrected chi connectivity index (χ3v) is 3.89. The quantitative estimate of drug-likeness (QED) is 0.776. The fourth-order valence-corrected chi connectivity index (χ4v) is 2.67. The summed E-state index contributed by atoms with van der Waals surface area (Å²) in [6.07, 6.45) is 2.42. The molecule has 1 atom stereocenters. The summed E-state index contributed by atoms with van der Waals surface area (Å²) in [5.74, 6) is 0. The van der Waals surface area contributed by atoms with Crippen LogP contribution in [0, 0.1) is 0 Å². The Hall–Kier alpha value is -0.710. The molecule has 0 aromatic heterocycles. The zero-order valence-electron chi connectivity index (χ0n) is 11.4. The molecule has 18 heavy (non-hydrogen) atoms. The lowest BCUT2D eigenvalue weighted by atomic mass is 10.2. The van der Waals surface area contributed by atoms with Gasteiger partial charge < -0.3 is 14.5 Å². The standard InChI is InChI=1S/C14H22N2OS/c1-15(2)10-13-11-16(8-9-17-13)12-4-6-14(18-3)7-5-12/h4-7,13H,8-11H2,1-3H3/t13-/m1/s1. The van der Waals surface area contributed by atoms with E-state index in [2.05, 4.69) is 54.4 Å². The van der Waals surface area contributed by atoms with E-state index in [1.807, 2.05) is 0 Å². The highest BCUT2D eigenvalue weighted by molar-refractivity contribution is 7.98. The van der Waals surface area contributed by atoms with Crippen molar-refractivity contribution in [1.29, 1.82) is 0 Å². The molecule has 1 aliphatic rings. The summed E-state index contributed by atoms with van der Waals surface area (Å²) in [6.45, 7) is 3.78. The van der Waals surface area contributed by atoms with Crippen molar-refractivity contribution in [3.05, 3.63) is 24.3 Å². The van der Waals surface area contributed by atoms with Crippen molar-refractivity contribution < 1.29 is 4.74 Å². The first kappa shape index (κ1) is 13.7. The topological polar surface area (TPSA) is 15.7 Å². The Balaban J connectivity index is 1.98. The highest BCUT2D eigenvalue weighted by Gasteiger charge is 2.21. The van der Waals surface area contributed by atoms with Crippen molar-refractivity contribution in [2.24, 2.45) is 0 Å². The van der Waals surface area contributed by atoms with Gasteiger partial charge in [0, 0.05) is 30.2 Å². The van der Waals surface area contributed by atoms with Crippen LogP contribution in [-0.4, -0.2) is 57.6 Å². The van der Waals surface area contributed by atoms with Crippen LogP contribution >= 0.6 is 11.8 Å². The number of thioether (sulfide) groups is 1. The number of nitrogens with zero attached hydrogens (tertiary/aromatic N) is 2. The zero-order valence-corrected chi connectivity index (χ0v) is 12.2. The van der Waals surface area contributed by atoms with E-state index >= 15 is 0 Å². The van der Waals surface area contributed by atoms with Crippen molar-refractivity contribution in [3.63, 3.8) is 0 Å². The molecule has 100 valence electrons. The number of anilines is 1. The van der Waals surface area contributed by atoms with Crippen LogP contribution < -0.4 is 4.90 Å². The first-order chi connectivity index (χ1) is 8.69. The summed E-state index contributed by atoms with van der Waals surface area (Å²) in [6, 6.07) is 8.81. The lowest BCUT2D eigenvalue weighted by Crippen LogP contribution is -2.46. The Morgan fingerprint density at radius 1 is 1.33 bits per heavy atom. The number of benzene rings is 1. The summed E-state index contributed by atoms with van der Waals surface area (Å²) < 4.78 is 5.80. The maximum Gasteiger partial charge on any atom is 0.0877 e. The van der Waals surface area contributed by atoms with Crippen LogP contribution in [0.5, 0.6) is 0 Å². The van der Waals surface area contributed by atoms with Crippen LogP contribution in [0.2, 0.25) is 0 Å². The van der Waals surface area contributed by atoms with Crippen molar-refractivity contribution in [3.8, 4) is 0 Å². The van der Waals surface area contributed by atoms with E-state index in [4.69, 9.17) is 4.74 Å². The number of rotatable bonds is 4. The summed E-state index contributed by atoms with van der Waals surface area (Å²) in [5, 5.41) is 0. The average molecular weight is 266 g/mol. The van der Waals surface area contributed by atoms with E-state index < -0.39 is 0 Å². The zero-order chi connectivity index (χ0) is 13.0. The minimum atomic E-state index is 0.314. The third-order valence-electron chi connectivity index (χ3n) is 3.15. The monoisotopic (exact) mass is 266 g/mol. The molecule has 0 aliphatic carbocycles. The Morgan fingerprint density at radius 3 is 2.67 bits per heavy atom. The predicted molar refractivity (Wildman–Crippen MR) is 78.7 cm³/mol. The van der Waals surface area contributed by atoms with Gasteiger partial charge in [-0.2, -0.15) is 0 Å². The lowest BCUT2D eigenvalue weighted by molar-refractivity contribution is 0.0248. The highest BCUT2D eigenvalue weighted by atomic mass is 32.2. The number of ether oxygens (including phenoxy) is 1. The summed E-state index contributed by atoms with van der Waals surface area (Å²) in [4.78, 5) is 5.92. The molecule has 0 bridgehead atoms. The molecule has 1 aromatic carbocycles. The Kier molecular flexibility index (Phi) is 4.92. The molecule has 1 aliphatic heterocycles. The minimum Gasteiger partial charge on any atom is -0.373 e. The Bertz CT molecular complexity index is 367. The number of morpholine rings is 1. The molecule has 0 N–H and O–H groups in total. The fourth-order valence-electron chi connectivity index (χ4n) is 2.26. The van der Waals surface area contributed by atoms with Gasteiger partial charge in [-0.25, -0.2) is 0 Å². The van der Waals surface area contributed by atoms with E-state index in [0.29, 0.717) is 6.10 Å². The van der Waals surface area contributed by atoms with Crippen LogP contribution in [0.25, 0.3) is 0 Å². The van der Waals surface area contributed by atoms with Gasteiger partial charge in [-0.15, -0.1) is 11.8 Å². The Labute approximate surface area is 114 Å². The van der Waals surface area contributed by atoms with Gasteiger partial charge in [0.1, 0.15) is 0 Å². The molecular weight excluding hydrogens is 244 g/mol. The second-order valence-electron chi connectivity index (χ2n) is 4.90. The normalized spacial score (nSPS) is 20.4. The molecule has 1 aromatic rings. The molecule has 4 heteroatoms. The van der Waals surface area contributed by atoms with Gasteiger partial charge in [-0.05, 0) is 44.6 Å².